The first-order valence-corrected chi connectivity index (χ1v) is 26.8. The van der Waals surface area contributed by atoms with Crippen LogP contribution < -0.4 is 0 Å². The third kappa shape index (κ3) is 44.4. The van der Waals surface area contributed by atoms with Crippen LogP contribution in [-0.2, 0) is 14.4 Å². The Morgan fingerprint density at radius 3 is 0.741 bits per heavy atom. The summed E-state index contributed by atoms with van der Waals surface area (Å²) >= 11 is 0. The van der Waals surface area contributed by atoms with E-state index < -0.39 is 11.9 Å². The number of carboxylic acids is 1. The van der Waals surface area contributed by atoms with Gasteiger partial charge in [-0.2, -0.15) is 0 Å². The van der Waals surface area contributed by atoms with Crippen LogP contribution in [0, 0.1) is 5.92 Å². The first-order chi connectivity index (χ1) is 28.5. The molecule has 0 saturated carbocycles. The van der Waals surface area contributed by atoms with Gasteiger partial charge in [-0.1, -0.05) is 277 Å². The third-order valence-electron chi connectivity index (χ3n) is 13.0. The van der Waals surface area contributed by atoms with E-state index >= 15 is 0 Å². The maximum absolute atomic E-state index is 12.6. The lowest BCUT2D eigenvalue weighted by Crippen LogP contribution is -2.23. The summed E-state index contributed by atoms with van der Waals surface area (Å²) in [4.78, 5) is 36.7. The van der Waals surface area contributed by atoms with Crippen molar-refractivity contribution in [2.45, 2.75) is 322 Å². The van der Waals surface area contributed by atoms with E-state index in [1.807, 2.05) is 0 Å². The Hall–Kier alpha value is -1.19. The molecule has 0 aliphatic rings. The highest BCUT2D eigenvalue weighted by atomic mass is 16.4. The molecular formula is C54H104O4. The number of carboxylic acid groups (broad SMARTS) is 1. The van der Waals surface area contributed by atoms with Gasteiger partial charge in [-0.3, -0.25) is 14.4 Å². The van der Waals surface area contributed by atoms with Crippen molar-refractivity contribution in [2.24, 2.45) is 5.92 Å². The number of unbranched alkanes of at least 4 members (excludes halogenated alkanes) is 41. The molecular weight excluding hydrogens is 713 g/mol. The Morgan fingerprint density at radius 1 is 0.293 bits per heavy atom. The lowest BCUT2D eigenvalue weighted by Gasteiger charge is -2.11. The Bertz CT molecular complexity index is 852. The molecule has 1 unspecified atom stereocenters. The van der Waals surface area contributed by atoms with Crippen LogP contribution in [0.2, 0.25) is 0 Å². The van der Waals surface area contributed by atoms with Crippen LogP contribution in [0.1, 0.15) is 322 Å². The first-order valence-electron chi connectivity index (χ1n) is 26.8. The summed E-state index contributed by atoms with van der Waals surface area (Å²) in [5, 5.41) is 9.66. The predicted octanol–water partition coefficient (Wildman–Crippen LogP) is 18.6. The number of aliphatic carboxylic acids is 1. The smallest absolute Gasteiger partial charge is 0.314 e. The minimum Gasteiger partial charge on any atom is -0.481 e. The van der Waals surface area contributed by atoms with E-state index in [0.29, 0.717) is 18.6 Å². The molecule has 0 bridgehead atoms. The van der Waals surface area contributed by atoms with Crippen LogP contribution in [-0.4, -0.2) is 22.6 Å². The van der Waals surface area contributed by atoms with Crippen molar-refractivity contribution in [3.63, 3.8) is 0 Å². The largest absolute Gasteiger partial charge is 0.481 e. The number of hydrogen-bond acceptors (Lipinski definition) is 3. The van der Waals surface area contributed by atoms with Gasteiger partial charge in [-0.25, -0.2) is 0 Å². The topological polar surface area (TPSA) is 71.4 Å². The number of carbonyl (C=O) groups excluding carboxylic acids is 2. The maximum atomic E-state index is 12.6. The van der Waals surface area contributed by atoms with Crippen LogP contribution in [0.25, 0.3) is 0 Å². The molecule has 0 aliphatic carbocycles. The molecule has 1 atom stereocenters. The third-order valence-corrected chi connectivity index (χ3v) is 13.0. The highest BCUT2D eigenvalue weighted by Gasteiger charge is 2.24. The summed E-state index contributed by atoms with van der Waals surface area (Å²) in [6.45, 7) is 4.56. The van der Waals surface area contributed by atoms with Crippen molar-refractivity contribution in [3.8, 4) is 0 Å². The van der Waals surface area contributed by atoms with Crippen molar-refractivity contribution in [3.05, 3.63) is 0 Å². The fourth-order valence-electron chi connectivity index (χ4n) is 8.88. The molecule has 0 radical (unpaired) electrons. The van der Waals surface area contributed by atoms with E-state index in [-0.39, 0.29) is 5.78 Å². The van der Waals surface area contributed by atoms with Gasteiger partial charge in [0.1, 0.15) is 17.5 Å². The van der Waals surface area contributed by atoms with Crippen LogP contribution >= 0.6 is 0 Å². The van der Waals surface area contributed by atoms with E-state index in [0.717, 1.165) is 57.8 Å². The van der Waals surface area contributed by atoms with E-state index in [1.54, 1.807) is 0 Å². The highest BCUT2D eigenvalue weighted by molar-refractivity contribution is 5.98. The zero-order valence-electron chi connectivity index (χ0n) is 39.7. The summed E-state index contributed by atoms with van der Waals surface area (Å²) in [5.74, 6) is -1.25. The van der Waals surface area contributed by atoms with Crippen molar-refractivity contribution in [1.29, 1.82) is 0 Å². The summed E-state index contributed by atoms with van der Waals surface area (Å²) in [5.41, 5.74) is 0. The molecule has 0 aliphatic heterocycles. The van der Waals surface area contributed by atoms with Crippen molar-refractivity contribution in [2.75, 3.05) is 0 Å². The zero-order chi connectivity index (χ0) is 42.3. The van der Waals surface area contributed by atoms with Gasteiger partial charge >= 0.3 is 5.97 Å². The molecule has 0 aromatic heterocycles. The molecule has 0 fully saturated rings. The molecule has 58 heavy (non-hydrogen) atoms. The molecule has 1 N–H and O–H groups in total. The summed E-state index contributed by atoms with van der Waals surface area (Å²) in [6, 6.07) is 0. The highest BCUT2D eigenvalue weighted by Crippen LogP contribution is 2.20. The first kappa shape index (κ1) is 56.8. The average Bonchev–Trinajstić information content (AvgIpc) is 3.21. The van der Waals surface area contributed by atoms with E-state index in [1.165, 1.54) is 238 Å². The predicted molar refractivity (Wildman–Crippen MR) is 254 cm³/mol. The molecule has 0 aromatic carbocycles. The van der Waals surface area contributed by atoms with Gasteiger partial charge < -0.3 is 5.11 Å². The molecule has 0 saturated heterocycles. The lowest BCUT2D eigenvalue weighted by molar-refractivity contribution is -0.146. The zero-order valence-corrected chi connectivity index (χ0v) is 39.7. The minimum atomic E-state index is -0.915. The summed E-state index contributed by atoms with van der Waals surface area (Å²) in [7, 11) is 0. The van der Waals surface area contributed by atoms with Gasteiger partial charge in [-0.05, 0) is 25.7 Å². The van der Waals surface area contributed by atoms with Gasteiger partial charge in [0.15, 0.2) is 0 Å². The molecule has 0 spiro atoms. The number of Topliss-reactive ketones (excluding diaryl/α,β-unsaturated/α-hetero) is 2. The van der Waals surface area contributed by atoms with Crippen molar-refractivity contribution >= 4 is 17.5 Å². The van der Waals surface area contributed by atoms with Gasteiger partial charge in [0.2, 0.25) is 0 Å². The molecule has 0 heterocycles. The Kier molecular flexibility index (Phi) is 47.5. The summed E-state index contributed by atoms with van der Waals surface area (Å²) < 4.78 is 0. The number of carbonyl (C=O) groups is 3. The molecule has 0 rings (SSSR count). The second-order valence-corrected chi connectivity index (χ2v) is 18.8. The second kappa shape index (κ2) is 48.5. The van der Waals surface area contributed by atoms with Gasteiger partial charge in [0.25, 0.3) is 0 Å². The van der Waals surface area contributed by atoms with Crippen molar-refractivity contribution < 1.29 is 19.5 Å². The van der Waals surface area contributed by atoms with Crippen LogP contribution in [0.4, 0.5) is 0 Å². The Morgan fingerprint density at radius 2 is 0.500 bits per heavy atom. The molecule has 4 heteroatoms. The van der Waals surface area contributed by atoms with E-state index in [9.17, 15) is 19.5 Å². The van der Waals surface area contributed by atoms with Gasteiger partial charge in [0, 0.05) is 19.3 Å². The molecule has 344 valence electrons. The molecule has 4 nitrogen and oxygen atoms in total. The minimum absolute atomic E-state index is 0.0435. The van der Waals surface area contributed by atoms with Gasteiger partial charge in [-0.15, -0.1) is 0 Å². The normalized spacial score (nSPS) is 12.0. The number of rotatable bonds is 51. The lowest BCUT2D eigenvalue weighted by atomic mass is 9.93. The van der Waals surface area contributed by atoms with Crippen LogP contribution in [0.5, 0.6) is 0 Å². The maximum Gasteiger partial charge on any atom is 0.314 e. The number of hydrogen-bond donors (Lipinski definition) is 1. The molecule has 0 amide bonds. The quantitative estimate of drug-likeness (QED) is 0.0490. The standard InChI is InChI=1S/C54H104O4/c1-3-5-7-9-11-13-15-17-19-23-27-31-35-39-43-47-51(55)48-44-40-36-32-28-24-21-22-25-29-33-37-41-45-49-52(54(57)58)53(56)50-46-42-38-34-30-26-20-18-16-14-12-10-8-6-4-2/h52H,3-50H2,1-2H3,(H,57,58). The summed E-state index contributed by atoms with van der Waals surface area (Å²) in [6.07, 6.45) is 59.7. The van der Waals surface area contributed by atoms with E-state index in [4.69, 9.17) is 0 Å². The average molecular weight is 817 g/mol. The fourth-order valence-corrected chi connectivity index (χ4v) is 8.88. The van der Waals surface area contributed by atoms with Crippen LogP contribution in [0.3, 0.4) is 0 Å². The number of ketones is 2. The monoisotopic (exact) mass is 817 g/mol. The van der Waals surface area contributed by atoms with Crippen LogP contribution in [0.15, 0.2) is 0 Å². The SMILES string of the molecule is CCCCCCCCCCCCCCCCCC(=O)CCCCCCCCCCCCCCCCC(C(=O)O)C(=O)CCCCCCCCCCCCCCCCC. The van der Waals surface area contributed by atoms with E-state index in [2.05, 4.69) is 13.8 Å². The Balaban J connectivity index is 3.44. The second-order valence-electron chi connectivity index (χ2n) is 18.8. The fraction of sp³-hybridized carbons (Fsp3) is 0.944. The Labute approximate surface area is 363 Å². The van der Waals surface area contributed by atoms with Gasteiger partial charge in [0.05, 0.1) is 0 Å². The molecule has 0 aromatic rings. The van der Waals surface area contributed by atoms with Crippen molar-refractivity contribution in [1.82, 2.24) is 0 Å².